The minimum Gasteiger partial charge on any atom is -0.506 e. The number of hydrogen-bond donors (Lipinski definition) is 2. The van der Waals surface area contributed by atoms with Crippen molar-refractivity contribution in [2.24, 2.45) is 0 Å². The number of aromatic hydroxyl groups is 1. The number of carbonyl (C=O) groups excluding carboxylic acids is 1. The molecule has 1 fully saturated rings. The molecule has 1 aliphatic heterocycles. The third kappa shape index (κ3) is 2.42. The Morgan fingerprint density at radius 1 is 1.16 bits per heavy atom. The number of nitrogens with zero attached hydrogens (tertiary/aromatic N) is 1. The summed E-state index contributed by atoms with van der Waals surface area (Å²) < 4.78 is 0. The SMILES string of the molecule is O=C1CC(c2ccc(-c3ccc(O)cn3)cc2)CN1. The Bertz CT molecular complexity index is 591. The molecule has 2 heterocycles. The first-order chi connectivity index (χ1) is 9.22. The largest absolute Gasteiger partial charge is 0.506 e. The van der Waals surface area contributed by atoms with Crippen LogP contribution in [0.5, 0.6) is 5.75 Å². The van der Waals surface area contributed by atoms with E-state index in [9.17, 15) is 9.90 Å². The van der Waals surface area contributed by atoms with Gasteiger partial charge in [0.2, 0.25) is 5.91 Å². The molecule has 1 aliphatic rings. The first-order valence-electron chi connectivity index (χ1n) is 6.24. The fourth-order valence-corrected chi connectivity index (χ4v) is 2.32. The van der Waals surface area contributed by atoms with Crippen molar-refractivity contribution >= 4 is 5.91 Å². The summed E-state index contributed by atoms with van der Waals surface area (Å²) in [6.45, 7) is 0.718. The highest BCUT2D eigenvalue weighted by Crippen LogP contribution is 2.26. The Morgan fingerprint density at radius 2 is 1.95 bits per heavy atom. The van der Waals surface area contributed by atoms with Crippen LogP contribution in [0.15, 0.2) is 42.6 Å². The molecule has 1 amide bonds. The van der Waals surface area contributed by atoms with Crippen molar-refractivity contribution in [3.63, 3.8) is 0 Å². The maximum Gasteiger partial charge on any atom is 0.220 e. The normalized spacial score (nSPS) is 18.3. The highest BCUT2D eigenvalue weighted by Gasteiger charge is 2.22. The average molecular weight is 254 g/mol. The second-order valence-electron chi connectivity index (χ2n) is 4.73. The maximum atomic E-state index is 11.2. The summed E-state index contributed by atoms with van der Waals surface area (Å²) in [6, 6.07) is 11.5. The molecule has 1 saturated heterocycles. The number of amides is 1. The van der Waals surface area contributed by atoms with Crippen molar-refractivity contribution in [3.8, 4) is 17.0 Å². The Kier molecular flexibility index (Phi) is 2.91. The smallest absolute Gasteiger partial charge is 0.220 e. The first kappa shape index (κ1) is 11.7. The van der Waals surface area contributed by atoms with Crippen molar-refractivity contribution in [1.29, 1.82) is 0 Å². The zero-order valence-electron chi connectivity index (χ0n) is 10.3. The Labute approximate surface area is 111 Å². The minimum atomic E-state index is 0.120. The third-order valence-corrected chi connectivity index (χ3v) is 3.40. The Morgan fingerprint density at radius 3 is 2.53 bits per heavy atom. The maximum absolute atomic E-state index is 11.2. The average Bonchev–Trinajstić information content (AvgIpc) is 2.87. The summed E-state index contributed by atoms with van der Waals surface area (Å²) >= 11 is 0. The summed E-state index contributed by atoms with van der Waals surface area (Å²) in [6.07, 6.45) is 2.00. The molecule has 4 nitrogen and oxygen atoms in total. The molecular formula is C15H14N2O2. The highest BCUT2D eigenvalue weighted by atomic mass is 16.3. The van der Waals surface area contributed by atoms with Gasteiger partial charge >= 0.3 is 0 Å². The van der Waals surface area contributed by atoms with E-state index in [1.54, 1.807) is 12.1 Å². The van der Waals surface area contributed by atoms with Gasteiger partial charge in [0.15, 0.2) is 0 Å². The molecule has 0 radical (unpaired) electrons. The number of aromatic nitrogens is 1. The van der Waals surface area contributed by atoms with Crippen LogP contribution in [0.25, 0.3) is 11.3 Å². The lowest BCUT2D eigenvalue weighted by Gasteiger charge is -2.08. The number of rotatable bonds is 2. The summed E-state index contributed by atoms with van der Waals surface area (Å²) in [5.74, 6) is 0.555. The zero-order chi connectivity index (χ0) is 13.2. The van der Waals surface area contributed by atoms with Crippen LogP contribution in [-0.2, 0) is 4.79 Å². The van der Waals surface area contributed by atoms with Crippen molar-refractivity contribution in [2.75, 3.05) is 6.54 Å². The molecule has 1 aromatic carbocycles. The lowest BCUT2D eigenvalue weighted by Crippen LogP contribution is -2.13. The van der Waals surface area contributed by atoms with E-state index in [1.165, 1.54) is 11.8 Å². The molecule has 0 aliphatic carbocycles. The molecule has 1 aromatic heterocycles. The van der Waals surface area contributed by atoms with Crippen LogP contribution in [0.3, 0.4) is 0 Å². The standard InChI is InChI=1S/C15H14N2O2/c18-13-5-6-14(16-9-13)11-3-1-10(2-4-11)12-7-15(19)17-8-12/h1-6,9,12,18H,7-8H2,(H,17,19). The molecule has 0 saturated carbocycles. The van der Waals surface area contributed by atoms with E-state index < -0.39 is 0 Å². The molecule has 0 spiro atoms. The molecule has 2 N–H and O–H groups in total. The fourth-order valence-electron chi connectivity index (χ4n) is 2.32. The van der Waals surface area contributed by atoms with Gasteiger partial charge in [0, 0.05) is 24.4 Å². The van der Waals surface area contributed by atoms with E-state index in [-0.39, 0.29) is 17.6 Å². The fraction of sp³-hybridized carbons (Fsp3) is 0.200. The van der Waals surface area contributed by atoms with Crippen LogP contribution >= 0.6 is 0 Å². The van der Waals surface area contributed by atoms with Crippen molar-refractivity contribution in [3.05, 3.63) is 48.2 Å². The summed E-state index contributed by atoms with van der Waals surface area (Å²) in [4.78, 5) is 15.4. The molecule has 2 aromatic rings. The molecule has 0 bridgehead atoms. The van der Waals surface area contributed by atoms with Gasteiger partial charge in [0.05, 0.1) is 11.9 Å². The first-order valence-corrected chi connectivity index (χ1v) is 6.24. The second-order valence-corrected chi connectivity index (χ2v) is 4.73. The summed E-state index contributed by atoms with van der Waals surface area (Å²) in [5, 5.41) is 12.1. The van der Waals surface area contributed by atoms with Gasteiger partial charge in [0.1, 0.15) is 5.75 Å². The van der Waals surface area contributed by atoms with E-state index in [1.807, 2.05) is 24.3 Å². The van der Waals surface area contributed by atoms with Gasteiger partial charge < -0.3 is 10.4 Å². The summed E-state index contributed by atoms with van der Waals surface area (Å²) in [7, 11) is 0. The predicted molar refractivity (Wildman–Crippen MR) is 71.7 cm³/mol. The molecule has 4 heteroatoms. The van der Waals surface area contributed by atoms with E-state index in [4.69, 9.17) is 0 Å². The Balaban J connectivity index is 1.82. The van der Waals surface area contributed by atoms with Crippen molar-refractivity contribution in [1.82, 2.24) is 10.3 Å². The van der Waals surface area contributed by atoms with Crippen LogP contribution in [0.1, 0.15) is 17.9 Å². The number of nitrogens with one attached hydrogen (secondary N) is 1. The van der Waals surface area contributed by atoms with Gasteiger partial charge in [-0.05, 0) is 17.7 Å². The number of pyridine rings is 1. The zero-order valence-corrected chi connectivity index (χ0v) is 10.3. The predicted octanol–water partition coefficient (Wildman–Crippen LogP) is 2.06. The quantitative estimate of drug-likeness (QED) is 0.862. The number of benzene rings is 1. The van der Waals surface area contributed by atoms with E-state index >= 15 is 0 Å². The van der Waals surface area contributed by atoms with Crippen LogP contribution in [-0.4, -0.2) is 22.5 Å². The monoisotopic (exact) mass is 254 g/mol. The Hall–Kier alpha value is -2.36. The number of carbonyl (C=O) groups is 1. The topological polar surface area (TPSA) is 62.2 Å². The summed E-state index contributed by atoms with van der Waals surface area (Å²) in [5.41, 5.74) is 2.99. The molecule has 3 rings (SSSR count). The van der Waals surface area contributed by atoms with Crippen LogP contribution < -0.4 is 5.32 Å². The molecular weight excluding hydrogens is 240 g/mol. The van der Waals surface area contributed by atoms with Gasteiger partial charge in [-0.25, -0.2) is 0 Å². The minimum absolute atomic E-state index is 0.120. The molecule has 1 atom stereocenters. The van der Waals surface area contributed by atoms with E-state index in [0.29, 0.717) is 6.42 Å². The van der Waals surface area contributed by atoms with Gasteiger partial charge in [-0.3, -0.25) is 9.78 Å². The van der Waals surface area contributed by atoms with Gasteiger partial charge in [0.25, 0.3) is 0 Å². The van der Waals surface area contributed by atoms with Crippen molar-refractivity contribution in [2.45, 2.75) is 12.3 Å². The highest BCUT2D eigenvalue weighted by molar-refractivity contribution is 5.79. The van der Waals surface area contributed by atoms with Crippen molar-refractivity contribution < 1.29 is 9.90 Å². The van der Waals surface area contributed by atoms with E-state index in [2.05, 4.69) is 10.3 Å². The lowest BCUT2D eigenvalue weighted by molar-refractivity contribution is -0.119. The van der Waals surface area contributed by atoms with Gasteiger partial charge in [-0.2, -0.15) is 0 Å². The molecule has 19 heavy (non-hydrogen) atoms. The van der Waals surface area contributed by atoms with Crippen LogP contribution in [0.2, 0.25) is 0 Å². The third-order valence-electron chi connectivity index (χ3n) is 3.40. The van der Waals surface area contributed by atoms with E-state index in [0.717, 1.165) is 17.8 Å². The van der Waals surface area contributed by atoms with Crippen LogP contribution in [0, 0.1) is 0 Å². The second kappa shape index (κ2) is 4.72. The molecule has 96 valence electrons. The number of hydrogen-bond acceptors (Lipinski definition) is 3. The lowest BCUT2D eigenvalue weighted by atomic mass is 9.96. The van der Waals surface area contributed by atoms with Gasteiger partial charge in [-0.1, -0.05) is 24.3 Å². The molecule has 1 unspecified atom stereocenters. The van der Waals surface area contributed by atoms with Crippen LogP contribution in [0.4, 0.5) is 0 Å². The van der Waals surface area contributed by atoms with Gasteiger partial charge in [-0.15, -0.1) is 0 Å².